The molecule has 1 aromatic carbocycles. The predicted octanol–water partition coefficient (Wildman–Crippen LogP) is 3.58. The van der Waals surface area contributed by atoms with Gasteiger partial charge < -0.3 is 0 Å². The molecular weight excluding hydrogens is 210 g/mol. The van der Waals surface area contributed by atoms with Crippen molar-refractivity contribution in [2.45, 2.75) is 51.4 Å². The van der Waals surface area contributed by atoms with Gasteiger partial charge in [-0.15, -0.1) is 0 Å². The third-order valence-electron chi connectivity index (χ3n) is 4.32. The molecule has 2 aliphatic carbocycles. The molecule has 0 radical (unpaired) electrons. The molecule has 2 nitrogen and oxygen atoms in total. The molecule has 0 aliphatic heterocycles. The smallest absolute Gasteiger partial charge is 0.211 e. The van der Waals surface area contributed by atoms with Crippen LogP contribution in [0, 0.1) is 0 Å². The van der Waals surface area contributed by atoms with Crippen molar-refractivity contribution in [3.05, 3.63) is 28.3 Å². The van der Waals surface area contributed by atoms with Crippen LogP contribution in [0.1, 0.15) is 54.4 Å². The highest BCUT2D eigenvalue weighted by Crippen LogP contribution is 2.46. The van der Waals surface area contributed by atoms with Gasteiger partial charge in [0.25, 0.3) is 0 Å². The van der Waals surface area contributed by atoms with Gasteiger partial charge in [-0.2, -0.15) is 4.99 Å². The monoisotopic (exact) mass is 227 g/mol. The molecule has 0 spiro atoms. The van der Waals surface area contributed by atoms with Crippen LogP contribution in [0.2, 0.25) is 0 Å². The molecule has 88 valence electrons. The average Bonchev–Trinajstić information content (AvgIpc) is 2.94. The number of carbonyl (C=O) groups excluding carboxylic acids is 1. The van der Waals surface area contributed by atoms with E-state index in [0.29, 0.717) is 5.92 Å². The average molecular weight is 227 g/mol. The molecule has 0 bridgehead atoms. The van der Waals surface area contributed by atoms with E-state index in [1.54, 1.807) is 6.08 Å². The molecule has 0 amide bonds. The maximum Gasteiger partial charge on any atom is 0.240 e. The SMILES string of the molecule is CCC1CCc2cc3c(c(N=C=O)c21)CCC3. The molecule has 0 saturated carbocycles. The summed E-state index contributed by atoms with van der Waals surface area (Å²) in [6.45, 7) is 2.22. The van der Waals surface area contributed by atoms with Crippen LogP contribution in [0.3, 0.4) is 0 Å². The second-order valence-electron chi connectivity index (χ2n) is 5.14. The Morgan fingerprint density at radius 3 is 3.00 bits per heavy atom. The Labute approximate surface area is 102 Å². The van der Waals surface area contributed by atoms with E-state index in [1.807, 2.05) is 0 Å². The van der Waals surface area contributed by atoms with Crippen molar-refractivity contribution in [2.75, 3.05) is 0 Å². The minimum Gasteiger partial charge on any atom is -0.211 e. The van der Waals surface area contributed by atoms with Crippen LogP contribution < -0.4 is 0 Å². The zero-order valence-corrected chi connectivity index (χ0v) is 10.3. The fourth-order valence-electron chi connectivity index (χ4n) is 3.52. The highest BCUT2D eigenvalue weighted by molar-refractivity contribution is 5.67. The molecule has 0 heterocycles. The van der Waals surface area contributed by atoms with E-state index in [-0.39, 0.29) is 0 Å². The van der Waals surface area contributed by atoms with E-state index in [1.165, 1.54) is 35.1 Å². The molecule has 0 aromatic heterocycles. The maximum absolute atomic E-state index is 10.7. The Morgan fingerprint density at radius 2 is 2.24 bits per heavy atom. The van der Waals surface area contributed by atoms with Crippen LogP contribution in [-0.2, 0) is 24.1 Å². The van der Waals surface area contributed by atoms with Gasteiger partial charge in [-0.3, -0.25) is 0 Å². The number of nitrogens with zero attached hydrogens (tertiary/aromatic N) is 1. The van der Waals surface area contributed by atoms with Gasteiger partial charge in [-0.05, 0) is 66.7 Å². The molecule has 2 aliphatic rings. The number of fused-ring (bicyclic) bond motifs is 2. The molecule has 2 heteroatoms. The van der Waals surface area contributed by atoms with Crippen molar-refractivity contribution in [3.8, 4) is 0 Å². The maximum atomic E-state index is 10.7. The molecule has 1 unspecified atom stereocenters. The summed E-state index contributed by atoms with van der Waals surface area (Å²) in [5.74, 6) is 0.600. The zero-order valence-electron chi connectivity index (χ0n) is 10.3. The largest absolute Gasteiger partial charge is 0.240 e. The fourth-order valence-corrected chi connectivity index (χ4v) is 3.52. The molecule has 1 aromatic rings. The van der Waals surface area contributed by atoms with Crippen molar-refractivity contribution in [2.24, 2.45) is 4.99 Å². The minimum absolute atomic E-state index is 0.600. The van der Waals surface area contributed by atoms with E-state index in [0.717, 1.165) is 31.4 Å². The molecule has 0 saturated heterocycles. The fraction of sp³-hybridized carbons (Fsp3) is 0.533. The van der Waals surface area contributed by atoms with Crippen LogP contribution in [0.4, 0.5) is 5.69 Å². The first-order valence-electron chi connectivity index (χ1n) is 6.60. The van der Waals surface area contributed by atoms with Crippen molar-refractivity contribution >= 4 is 11.8 Å². The van der Waals surface area contributed by atoms with Crippen LogP contribution in [0.15, 0.2) is 11.1 Å². The van der Waals surface area contributed by atoms with Crippen LogP contribution >= 0.6 is 0 Å². The summed E-state index contributed by atoms with van der Waals surface area (Å²) in [4.78, 5) is 14.7. The number of rotatable bonds is 2. The summed E-state index contributed by atoms with van der Waals surface area (Å²) in [6.07, 6.45) is 8.72. The summed E-state index contributed by atoms with van der Waals surface area (Å²) in [7, 11) is 0. The van der Waals surface area contributed by atoms with E-state index < -0.39 is 0 Å². The molecule has 3 rings (SSSR count). The van der Waals surface area contributed by atoms with Crippen molar-refractivity contribution in [3.63, 3.8) is 0 Å². The Balaban J connectivity index is 2.25. The van der Waals surface area contributed by atoms with Crippen molar-refractivity contribution < 1.29 is 4.79 Å². The summed E-state index contributed by atoms with van der Waals surface area (Å²) in [6, 6.07) is 2.37. The minimum atomic E-state index is 0.600. The van der Waals surface area contributed by atoms with Gasteiger partial charge in [0.2, 0.25) is 6.08 Å². The number of aryl methyl sites for hydroxylation is 2. The van der Waals surface area contributed by atoms with Gasteiger partial charge >= 0.3 is 0 Å². The molecule has 0 fully saturated rings. The highest BCUT2D eigenvalue weighted by Gasteiger charge is 2.29. The lowest BCUT2D eigenvalue weighted by molar-refractivity contribution is 0.565. The van der Waals surface area contributed by atoms with Crippen molar-refractivity contribution in [1.82, 2.24) is 0 Å². The molecular formula is C15H17NO. The van der Waals surface area contributed by atoms with E-state index in [9.17, 15) is 4.79 Å². The Hall–Kier alpha value is -1.40. The normalized spacial score (nSPS) is 20.9. The topological polar surface area (TPSA) is 29.4 Å². The number of hydrogen-bond donors (Lipinski definition) is 0. The second kappa shape index (κ2) is 4.12. The van der Waals surface area contributed by atoms with E-state index >= 15 is 0 Å². The second-order valence-corrected chi connectivity index (χ2v) is 5.14. The predicted molar refractivity (Wildman–Crippen MR) is 67.6 cm³/mol. The molecule has 17 heavy (non-hydrogen) atoms. The lowest BCUT2D eigenvalue weighted by Gasteiger charge is -2.14. The van der Waals surface area contributed by atoms with Crippen LogP contribution in [-0.4, -0.2) is 6.08 Å². The van der Waals surface area contributed by atoms with Gasteiger partial charge in [0.15, 0.2) is 0 Å². The Morgan fingerprint density at radius 1 is 1.35 bits per heavy atom. The Kier molecular flexibility index (Phi) is 2.60. The quantitative estimate of drug-likeness (QED) is 0.561. The number of isocyanates is 1. The summed E-state index contributed by atoms with van der Waals surface area (Å²) >= 11 is 0. The summed E-state index contributed by atoms with van der Waals surface area (Å²) in [5, 5.41) is 0. The summed E-state index contributed by atoms with van der Waals surface area (Å²) in [5.41, 5.74) is 6.53. The highest BCUT2D eigenvalue weighted by atomic mass is 16.1. The number of benzene rings is 1. The standard InChI is InChI=1S/C15H17NO/c1-2-10-6-7-12-8-11-4-3-5-13(11)15(14(10)12)16-9-17/h8,10H,2-7H2,1H3. The lowest BCUT2D eigenvalue weighted by Crippen LogP contribution is -1.96. The van der Waals surface area contributed by atoms with Crippen LogP contribution in [0.5, 0.6) is 0 Å². The van der Waals surface area contributed by atoms with Crippen LogP contribution in [0.25, 0.3) is 0 Å². The third kappa shape index (κ3) is 1.56. The lowest BCUT2D eigenvalue weighted by atomic mass is 9.92. The van der Waals surface area contributed by atoms with Gasteiger partial charge in [0.1, 0.15) is 0 Å². The zero-order chi connectivity index (χ0) is 11.8. The van der Waals surface area contributed by atoms with Gasteiger partial charge in [0, 0.05) is 0 Å². The first kappa shape index (κ1) is 10.7. The Bertz CT molecular complexity index is 512. The number of hydrogen-bond acceptors (Lipinski definition) is 2. The van der Waals surface area contributed by atoms with Crippen molar-refractivity contribution in [1.29, 1.82) is 0 Å². The number of aliphatic imine (C=N–C) groups is 1. The van der Waals surface area contributed by atoms with Gasteiger partial charge in [-0.1, -0.05) is 13.0 Å². The van der Waals surface area contributed by atoms with E-state index in [2.05, 4.69) is 18.0 Å². The van der Waals surface area contributed by atoms with Gasteiger partial charge in [0.05, 0.1) is 5.69 Å². The molecule has 0 N–H and O–H groups in total. The molecule has 1 atom stereocenters. The third-order valence-corrected chi connectivity index (χ3v) is 4.32. The summed E-state index contributed by atoms with van der Waals surface area (Å²) < 4.78 is 0. The van der Waals surface area contributed by atoms with Gasteiger partial charge in [-0.25, -0.2) is 4.79 Å². The first-order chi connectivity index (χ1) is 8.35. The first-order valence-corrected chi connectivity index (χ1v) is 6.60. The van der Waals surface area contributed by atoms with E-state index in [4.69, 9.17) is 0 Å².